The van der Waals surface area contributed by atoms with Crippen molar-refractivity contribution < 1.29 is 4.79 Å². The van der Waals surface area contributed by atoms with Crippen LogP contribution in [0.15, 0.2) is 0 Å². The van der Waals surface area contributed by atoms with Crippen molar-refractivity contribution in [3.63, 3.8) is 0 Å². The second kappa shape index (κ2) is 5.41. The fourth-order valence-electron chi connectivity index (χ4n) is 2.57. The van der Waals surface area contributed by atoms with Gasteiger partial charge in [-0.2, -0.15) is 11.8 Å². The maximum Gasteiger partial charge on any atom is 0.220 e. The van der Waals surface area contributed by atoms with E-state index in [1.54, 1.807) is 0 Å². The maximum atomic E-state index is 11.8. The molecule has 16 heavy (non-hydrogen) atoms. The fraction of sp³-hybridized carbons (Fsp3) is 0.917. The maximum absolute atomic E-state index is 11.8. The lowest BCUT2D eigenvalue weighted by molar-refractivity contribution is -0.124. The Balaban J connectivity index is 1.67. The number of thioether (sulfide) groups is 1. The van der Waals surface area contributed by atoms with Crippen molar-refractivity contribution in [2.24, 2.45) is 11.1 Å². The number of nitrogens with one attached hydrogen (secondary N) is 1. The SMILES string of the molecule is NCC1(CC(=O)NCC2CCCS2)CCC1. The minimum atomic E-state index is 0.146. The molecule has 0 spiro atoms. The molecule has 2 fully saturated rings. The summed E-state index contributed by atoms with van der Waals surface area (Å²) in [6, 6.07) is 0. The molecule has 1 amide bonds. The minimum Gasteiger partial charge on any atom is -0.355 e. The summed E-state index contributed by atoms with van der Waals surface area (Å²) in [5.74, 6) is 1.46. The normalized spacial score (nSPS) is 27.4. The van der Waals surface area contributed by atoms with E-state index < -0.39 is 0 Å². The van der Waals surface area contributed by atoms with Crippen molar-refractivity contribution in [1.29, 1.82) is 0 Å². The number of amides is 1. The van der Waals surface area contributed by atoms with Gasteiger partial charge in [0, 0.05) is 18.2 Å². The topological polar surface area (TPSA) is 55.1 Å². The average Bonchev–Trinajstić information content (AvgIpc) is 2.73. The molecule has 1 saturated carbocycles. The Morgan fingerprint density at radius 1 is 1.44 bits per heavy atom. The van der Waals surface area contributed by atoms with Gasteiger partial charge in [-0.25, -0.2) is 0 Å². The van der Waals surface area contributed by atoms with Crippen LogP contribution in [0.25, 0.3) is 0 Å². The van der Waals surface area contributed by atoms with Crippen LogP contribution < -0.4 is 11.1 Å². The summed E-state index contributed by atoms with van der Waals surface area (Å²) >= 11 is 1.99. The first-order chi connectivity index (χ1) is 7.74. The summed E-state index contributed by atoms with van der Waals surface area (Å²) in [4.78, 5) is 11.8. The van der Waals surface area contributed by atoms with Crippen molar-refractivity contribution in [2.75, 3.05) is 18.8 Å². The van der Waals surface area contributed by atoms with Crippen LogP contribution in [0.2, 0.25) is 0 Å². The van der Waals surface area contributed by atoms with Crippen molar-refractivity contribution in [2.45, 2.75) is 43.8 Å². The Bertz CT molecular complexity index is 242. The number of hydrogen-bond acceptors (Lipinski definition) is 3. The van der Waals surface area contributed by atoms with Gasteiger partial charge in [-0.05, 0) is 43.4 Å². The van der Waals surface area contributed by atoms with Crippen molar-refractivity contribution in [3.05, 3.63) is 0 Å². The van der Waals surface area contributed by atoms with Crippen molar-refractivity contribution in [1.82, 2.24) is 5.32 Å². The van der Waals surface area contributed by atoms with Crippen LogP contribution in [0.4, 0.5) is 0 Å². The van der Waals surface area contributed by atoms with Crippen LogP contribution in [-0.4, -0.2) is 30.0 Å². The van der Waals surface area contributed by atoms with Gasteiger partial charge in [-0.3, -0.25) is 4.79 Å². The third-order valence-corrected chi connectivity index (χ3v) is 5.33. The molecule has 0 aromatic carbocycles. The standard InChI is InChI=1S/C12H22N2OS/c13-9-12(4-2-5-12)7-11(15)14-8-10-3-1-6-16-10/h10H,1-9,13H2,(H,14,15). The molecule has 3 N–H and O–H groups in total. The average molecular weight is 242 g/mol. The largest absolute Gasteiger partial charge is 0.355 e. The molecule has 1 aliphatic carbocycles. The summed E-state index contributed by atoms with van der Waals surface area (Å²) in [5, 5.41) is 3.72. The number of carbonyl (C=O) groups excluding carboxylic acids is 1. The summed E-state index contributed by atoms with van der Waals surface area (Å²) in [5.41, 5.74) is 5.90. The Morgan fingerprint density at radius 2 is 2.25 bits per heavy atom. The van der Waals surface area contributed by atoms with Gasteiger partial charge in [0.25, 0.3) is 0 Å². The van der Waals surface area contributed by atoms with E-state index in [1.807, 2.05) is 11.8 Å². The summed E-state index contributed by atoms with van der Waals surface area (Å²) in [7, 11) is 0. The van der Waals surface area contributed by atoms with E-state index in [0.29, 0.717) is 18.2 Å². The molecule has 0 aromatic heterocycles. The van der Waals surface area contributed by atoms with Gasteiger partial charge < -0.3 is 11.1 Å². The summed E-state index contributed by atoms with van der Waals surface area (Å²) in [6.07, 6.45) is 6.71. The summed E-state index contributed by atoms with van der Waals surface area (Å²) in [6.45, 7) is 1.52. The highest BCUT2D eigenvalue weighted by atomic mass is 32.2. The molecule has 0 radical (unpaired) electrons. The lowest BCUT2D eigenvalue weighted by Gasteiger charge is -2.40. The van der Waals surface area contributed by atoms with Gasteiger partial charge in [0.15, 0.2) is 0 Å². The zero-order valence-electron chi connectivity index (χ0n) is 9.84. The van der Waals surface area contributed by atoms with Gasteiger partial charge in [0.05, 0.1) is 0 Å². The van der Waals surface area contributed by atoms with E-state index in [2.05, 4.69) is 5.32 Å². The van der Waals surface area contributed by atoms with E-state index >= 15 is 0 Å². The van der Waals surface area contributed by atoms with Crippen LogP contribution in [0, 0.1) is 5.41 Å². The molecule has 3 nitrogen and oxygen atoms in total. The summed E-state index contributed by atoms with van der Waals surface area (Å²) < 4.78 is 0. The van der Waals surface area contributed by atoms with Gasteiger partial charge >= 0.3 is 0 Å². The molecule has 1 aliphatic heterocycles. The zero-order valence-corrected chi connectivity index (χ0v) is 10.7. The lowest BCUT2D eigenvalue weighted by Crippen LogP contribution is -2.42. The molecule has 2 aliphatic rings. The monoisotopic (exact) mass is 242 g/mol. The third-order valence-electron chi connectivity index (χ3n) is 3.93. The van der Waals surface area contributed by atoms with Crippen LogP contribution in [-0.2, 0) is 4.79 Å². The van der Waals surface area contributed by atoms with Crippen LogP contribution in [0.1, 0.15) is 38.5 Å². The van der Waals surface area contributed by atoms with Gasteiger partial charge in [0.1, 0.15) is 0 Å². The van der Waals surface area contributed by atoms with Gasteiger partial charge in [-0.15, -0.1) is 0 Å². The van der Waals surface area contributed by atoms with Crippen LogP contribution in [0.5, 0.6) is 0 Å². The highest BCUT2D eigenvalue weighted by Crippen LogP contribution is 2.42. The number of carbonyl (C=O) groups is 1. The van der Waals surface area contributed by atoms with Crippen molar-refractivity contribution >= 4 is 17.7 Å². The number of rotatable bonds is 5. The molecular weight excluding hydrogens is 220 g/mol. The van der Waals surface area contributed by atoms with Crippen LogP contribution >= 0.6 is 11.8 Å². The first kappa shape index (κ1) is 12.2. The molecule has 0 bridgehead atoms. The first-order valence-electron chi connectivity index (χ1n) is 6.32. The third kappa shape index (κ3) is 2.92. The van der Waals surface area contributed by atoms with E-state index in [9.17, 15) is 4.79 Å². The van der Waals surface area contributed by atoms with E-state index in [0.717, 1.165) is 19.4 Å². The molecule has 1 heterocycles. The highest BCUT2D eigenvalue weighted by Gasteiger charge is 2.37. The second-order valence-corrected chi connectivity index (χ2v) is 6.58. The molecule has 2 rings (SSSR count). The molecule has 1 unspecified atom stereocenters. The Morgan fingerprint density at radius 3 is 2.75 bits per heavy atom. The predicted molar refractivity (Wildman–Crippen MR) is 68.4 cm³/mol. The first-order valence-corrected chi connectivity index (χ1v) is 7.37. The zero-order chi connectivity index (χ0) is 11.4. The molecule has 92 valence electrons. The Hall–Kier alpha value is -0.220. The highest BCUT2D eigenvalue weighted by molar-refractivity contribution is 8.00. The Labute approximate surface area is 102 Å². The van der Waals surface area contributed by atoms with E-state index in [4.69, 9.17) is 5.73 Å². The predicted octanol–water partition coefficient (Wildman–Crippen LogP) is 1.52. The molecule has 1 saturated heterocycles. The molecule has 4 heteroatoms. The number of nitrogens with two attached hydrogens (primary N) is 1. The molecule has 0 aromatic rings. The number of hydrogen-bond donors (Lipinski definition) is 2. The second-order valence-electron chi connectivity index (χ2n) is 5.17. The van der Waals surface area contributed by atoms with Gasteiger partial charge in [-0.1, -0.05) is 6.42 Å². The molecule has 1 atom stereocenters. The minimum absolute atomic E-state index is 0.146. The quantitative estimate of drug-likeness (QED) is 0.768. The van der Waals surface area contributed by atoms with E-state index in [-0.39, 0.29) is 11.3 Å². The fourth-order valence-corrected chi connectivity index (χ4v) is 3.77. The lowest BCUT2D eigenvalue weighted by atomic mass is 9.66. The van der Waals surface area contributed by atoms with Crippen molar-refractivity contribution in [3.8, 4) is 0 Å². The van der Waals surface area contributed by atoms with Crippen LogP contribution in [0.3, 0.4) is 0 Å². The molecular formula is C12H22N2OS. The Kier molecular flexibility index (Phi) is 4.14. The smallest absolute Gasteiger partial charge is 0.220 e. The van der Waals surface area contributed by atoms with E-state index in [1.165, 1.54) is 25.0 Å². The van der Waals surface area contributed by atoms with Gasteiger partial charge in [0.2, 0.25) is 5.91 Å².